The van der Waals surface area contributed by atoms with E-state index in [-0.39, 0.29) is 17.1 Å². The monoisotopic (exact) mass is 412 g/mol. The van der Waals surface area contributed by atoms with Gasteiger partial charge in [0.15, 0.2) is 10.9 Å². The predicted molar refractivity (Wildman–Crippen MR) is 95.7 cm³/mol. The van der Waals surface area contributed by atoms with Gasteiger partial charge >= 0.3 is 0 Å². The molecule has 0 fully saturated rings. The molecule has 1 amide bonds. The molecule has 4 nitrogen and oxygen atoms in total. The van der Waals surface area contributed by atoms with Crippen molar-refractivity contribution in [2.45, 2.75) is 26.7 Å². The Labute approximate surface area is 151 Å². The van der Waals surface area contributed by atoms with E-state index in [1.807, 2.05) is 13.8 Å². The van der Waals surface area contributed by atoms with E-state index in [2.05, 4.69) is 26.2 Å². The van der Waals surface area contributed by atoms with Gasteiger partial charge in [0, 0.05) is 10.9 Å². The summed E-state index contributed by atoms with van der Waals surface area (Å²) in [6.07, 6.45) is 1.24. The molecule has 0 unspecified atom stereocenters. The number of thiazole rings is 1. The van der Waals surface area contributed by atoms with Gasteiger partial charge in [0.1, 0.15) is 0 Å². The standard InChI is InChI=1S/C16H14BrClN2O2S/c1-16(2)6-11-13(12(21)7-16)23-15(19-11)20-14(22)9-5-8(17)3-4-10(9)18/h3-5H,6-7H2,1-2H3,(H,19,20,22). The molecular weight excluding hydrogens is 400 g/mol. The summed E-state index contributed by atoms with van der Waals surface area (Å²) in [5.74, 6) is -0.246. The fraction of sp³-hybridized carbons (Fsp3) is 0.312. The first-order valence-electron chi connectivity index (χ1n) is 7.04. The maximum Gasteiger partial charge on any atom is 0.258 e. The summed E-state index contributed by atoms with van der Waals surface area (Å²) >= 11 is 10.6. The Morgan fingerprint density at radius 3 is 2.87 bits per heavy atom. The predicted octanol–water partition coefficient (Wildman–Crippen LogP) is 4.97. The topological polar surface area (TPSA) is 59.1 Å². The highest BCUT2D eigenvalue weighted by molar-refractivity contribution is 9.10. The van der Waals surface area contributed by atoms with E-state index in [1.165, 1.54) is 11.3 Å². The number of Topliss-reactive ketones (excluding diaryl/α,β-unsaturated/α-hetero) is 1. The summed E-state index contributed by atoms with van der Waals surface area (Å²) in [6, 6.07) is 5.07. The minimum Gasteiger partial charge on any atom is -0.298 e. The number of anilines is 1. The third kappa shape index (κ3) is 3.49. The molecule has 1 aliphatic carbocycles. The van der Waals surface area contributed by atoms with Gasteiger partial charge in [-0.05, 0) is 30.0 Å². The Balaban J connectivity index is 1.86. The van der Waals surface area contributed by atoms with E-state index in [0.717, 1.165) is 16.6 Å². The fourth-order valence-corrected chi connectivity index (χ4v) is 4.09. The van der Waals surface area contributed by atoms with Gasteiger partial charge in [-0.1, -0.05) is 52.7 Å². The Hall–Kier alpha value is -1.24. The number of halogens is 2. The van der Waals surface area contributed by atoms with Crippen molar-refractivity contribution in [2.24, 2.45) is 5.41 Å². The molecule has 1 heterocycles. The van der Waals surface area contributed by atoms with Crippen LogP contribution in [0.1, 0.15) is 46.0 Å². The molecule has 7 heteroatoms. The average Bonchev–Trinajstić information content (AvgIpc) is 2.82. The minimum absolute atomic E-state index is 0.0902. The highest BCUT2D eigenvalue weighted by Gasteiger charge is 2.34. The number of aromatic nitrogens is 1. The number of rotatable bonds is 2. The lowest BCUT2D eigenvalue weighted by atomic mass is 9.78. The fourth-order valence-electron chi connectivity index (χ4n) is 2.61. The number of carbonyl (C=O) groups excluding carboxylic acids is 2. The van der Waals surface area contributed by atoms with Crippen LogP contribution in [0.3, 0.4) is 0 Å². The van der Waals surface area contributed by atoms with Crippen molar-refractivity contribution in [1.82, 2.24) is 4.98 Å². The maximum atomic E-state index is 12.4. The van der Waals surface area contributed by atoms with Crippen molar-refractivity contribution >= 4 is 55.7 Å². The van der Waals surface area contributed by atoms with Crippen LogP contribution in [0.25, 0.3) is 0 Å². The zero-order chi connectivity index (χ0) is 16.8. The van der Waals surface area contributed by atoms with E-state index in [0.29, 0.717) is 27.0 Å². The first-order chi connectivity index (χ1) is 10.7. The van der Waals surface area contributed by atoms with E-state index < -0.39 is 0 Å². The van der Waals surface area contributed by atoms with Crippen LogP contribution in [0.2, 0.25) is 5.02 Å². The molecule has 3 rings (SSSR count). The van der Waals surface area contributed by atoms with Crippen molar-refractivity contribution in [3.05, 3.63) is 43.8 Å². The molecule has 0 saturated carbocycles. The van der Waals surface area contributed by atoms with Crippen LogP contribution < -0.4 is 5.32 Å². The lowest BCUT2D eigenvalue weighted by molar-refractivity contribution is 0.0915. The summed E-state index contributed by atoms with van der Waals surface area (Å²) in [5, 5.41) is 3.54. The SMILES string of the molecule is CC1(C)CC(=O)c2sc(NC(=O)c3cc(Br)ccc3Cl)nc2C1. The number of nitrogens with one attached hydrogen (secondary N) is 1. The van der Waals surface area contributed by atoms with E-state index >= 15 is 0 Å². The summed E-state index contributed by atoms with van der Waals surface area (Å²) in [5.41, 5.74) is 1.04. The van der Waals surface area contributed by atoms with Crippen molar-refractivity contribution in [2.75, 3.05) is 5.32 Å². The van der Waals surface area contributed by atoms with Crippen LogP contribution in [-0.2, 0) is 6.42 Å². The molecular formula is C16H14BrClN2O2S. The molecule has 120 valence electrons. The van der Waals surface area contributed by atoms with Crippen LogP contribution in [0.15, 0.2) is 22.7 Å². The summed E-state index contributed by atoms with van der Waals surface area (Å²) in [6.45, 7) is 4.10. The number of amides is 1. The zero-order valence-electron chi connectivity index (χ0n) is 12.6. The van der Waals surface area contributed by atoms with Crippen molar-refractivity contribution in [3.8, 4) is 0 Å². The molecule has 0 bridgehead atoms. The normalized spacial score (nSPS) is 16.1. The molecule has 1 N–H and O–H groups in total. The molecule has 1 aromatic carbocycles. The third-order valence-electron chi connectivity index (χ3n) is 3.63. The number of nitrogens with zero attached hydrogens (tertiary/aromatic N) is 1. The summed E-state index contributed by atoms with van der Waals surface area (Å²) < 4.78 is 0.766. The van der Waals surface area contributed by atoms with Gasteiger partial charge in [0.2, 0.25) is 0 Å². The summed E-state index contributed by atoms with van der Waals surface area (Å²) in [4.78, 5) is 29.7. The number of hydrogen-bond acceptors (Lipinski definition) is 4. The van der Waals surface area contributed by atoms with E-state index in [4.69, 9.17) is 11.6 Å². The minimum atomic E-state index is -0.339. The lowest BCUT2D eigenvalue weighted by Crippen LogP contribution is -2.26. The van der Waals surface area contributed by atoms with Crippen molar-refractivity contribution < 1.29 is 9.59 Å². The first-order valence-corrected chi connectivity index (χ1v) is 9.03. The molecule has 0 spiro atoms. The maximum absolute atomic E-state index is 12.4. The quantitative estimate of drug-likeness (QED) is 0.756. The van der Waals surface area contributed by atoms with Crippen LogP contribution in [0, 0.1) is 5.41 Å². The highest BCUT2D eigenvalue weighted by Crippen LogP contribution is 2.38. The first kappa shape index (κ1) is 16.6. The Bertz CT molecular complexity index is 816. The van der Waals surface area contributed by atoms with Gasteiger partial charge in [-0.3, -0.25) is 14.9 Å². The van der Waals surface area contributed by atoms with Crippen LogP contribution in [0.4, 0.5) is 5.13 Å². The second-order valence-corrected chi connectivity index (χ2v) is 8.64. The van der Waals surface area contributed by atoms with Gasteiger partial charge in [-0.15, -0.1) is 0 Å². The Morgan fingerprint density at radius 2 is 2.13 bits per heavy atom. The molecule has 1 aromatic heterocycles. The van der Waals surface area contributed by atoms with Crippen LogP contribution >= 0.6 is 38.9 Å². The number of fused-ring (bicyclic) bond motifs is 1. The molecule has 0 radical (unpaired) electrons. The number of hydrogen-bond donors (Lipinski definition) is 1. The summed E-state index contributed by atoms with van der Waals surface area (Å²) in [7, 11) is 0. The molecule has 1 aliphatic rings. The van der Waals surface area contributed by atoms with E-state index in [9.17, 15) is 9.59 Å². The Kier molecular flexibility index (Phi) is 4.33. The zero-order valence-corrected chi connectivity index (χ0v) is 15.7. The molecule has 23 heavy (non-hydrogen) atoms. The third-order valence-corrected chi connectivity index (χ3v) is 5.51. The molecule has 0 saturated heterocycles. The molecule has 0 atom stereocenters. The van der Waals surface area contributed by atoms with Gasteiger partial charge in [-0.2, -0.15) is 0 Å². The van der Waals surface area contributed by atoms with Gasteiger partial charge in [0.25, 0.3) is 5.91 Å². The second kappa shape index (κ2) is 6.00. The van der Waals surface area contributed by atoms with Crippen LogP contribution in [0.5, 0.6) is 0 Å². The van der Waals surface area contributed by atoms with Gasteiger partial charge in [0.05, 0.1) is 21.2 Å². The lowest BCUT2D eigenvalue weighted by Gasteiger charge is -2.26. The average molecular weight is 414 g/mol. The van der Waals surface area contributed by atoms with Gasteiger partial charge < -0.3 is 0 Å². The number of benzene rings is 1. The second-order valence-electron chi connectivity index (χ2n) is 6.31. The highest BCUT2D eigenvalue weighted by atomic mass is 79.9. The Morgan fingerprint density at radius 1 is 1.39 bits per heavy atom. The number of ketones is 1. The van der Waals surface area contributed by atoms with E-state index in [1.54, 1.807) is 18.2 Å². The molecule has 2 aromatic rings. The smallest absolute Gasteiger partial charge is 0.258 e. The molecule has 0 aliphatic heterocycles. The number of carbonyl (C=O) groups is 2. The van der Waals surface area contributed by atoms with Crippen molar-refractivity contribution in [3.63, 3.8) is 0 Å². The van der Waals surface area contributed by atoms with Gasteiger partial charge in [-0.25, -0.2) is 4.98 Å². The van der Waals surface area contributed by atoms with Crippen molar-refractivity contribution in [1.29, 1.82) is 0 Å². The van der Waals surface area contributed by atoms with Crippen LogP contribution in [-0.4, -0.2) is 16.7 Å². The largest absolute Gasteiger partial charge is 0.298 e.